The number of sulfonamides is 1. The largest absolute Gasteiger partial charge is 0.475 e. The molecule has 3 aromatic rings. The Labute approximate surface area is 164 Å². The van der Waals surface area contributed by atoms with Gasteiger partial charge in [0, 0.05) is 12.6 Å². The van der Waals surface area contributed by atoms with Crippen LogP contribution in [0.15, 0.2) is 52.7 Å². The molecule has 0 bridgehead atoms. The van der Waals surface area contributed by atoms with Crippen LogP contribution in [-0.2, 0) is 10.0 Å². The number of thiophene rings is 1. The van der Waals surface area contributed by atoms with E-state index in [1.165, 1.54) is 18.2 Å². The topological polar surface area (TPSA) is 81.2 Å². The Morgan fingerprint density at radius 1 is 1.08 bits per heavy atom. The summed E-state index contributed by atoms with van der Waals surface area (Å²) in [5.41, 5.74) is 0.753. The van der Waals surface area contributed by atoms with Crippen LogP contribution in [0.5, 0.6) is 5.88 Å². The summed E-state index contributed by atoms with van der Waals surface area (Å²) in [5.74, 6) is 0.310. The fourth-order valence-corrected chi connectivity index (χ4v) is 4.52. The number of ether oxygens (including phenoxy) is 1. The third kappa shape index (κ3) is 4.52. The molecule has 0 aliphatic heterocycles. The highest BCUT2D eigenvalue weighted by molar-refractivity contribution is 7.89. The fourth-order valence-electron chi connectivity index (χ4n) is 2.05. The van der Waals surface area contributed by atoms with E-state index in [1.54, 1.807) is 23.5 Å². The van der Waals surface area contributed by atoms with Crippen molar-refractivity contribution >= 4 is 44.6 Å². The molecule has 1 aromatic carbocycles. The minimum atomic E-state index is -3.79. The second-order valence-corrected chi connectivity index (χ2v) is 8.50. The zero-order valence-corrected chi connectivity index (χ0v) is 16.4. The molecule has 26 heavy (non-hydrogen) atoms. The highest BCUT2D eigenvalue weighted by atomic mass is 35.5. The summed E-state index contributed by atoms with van der Waals surface area (Å²) in [5, 5.41) is 10.2. The van der Waals surface area contributed by atoms with Gasteiger partial charge in [0.25, 0.3) is 0 Å². The summed E-state index contributed by atoms with van der Waals surface area (Å²) >= 11 is 13.4. The molecule has 136 valence electrons. The van der Waals surface area contributed by atoms with Gasteiger partial charge in [-0.05, 0) is 29.6 Å². The average Bonchev–Trinajstić information content (AvgIpc) is 3.16. The second-order valence-electron chi connectivity index (χ2n) is 5.03. The van der Waals surface area contributed by atoms with E-state index in [-0.39, 0.29) is 28.1 Å². The monoisotopic (exact) mass is 429 g/mol. The van der Waals surface area contributed by atoms with Gasteiger partial charge < -0.3 is 4.74 Å². The SMILES string of the molecule is O=S(=O)(NCCOc1ccc(-c2cccs2)nn1)c1cccc(Cl)c1Cl. The summed E-state index contributed by atoms with van der Waals surface area (Å²) in [7, 11) is -3.79. The minimum absolute atomic E-state index is 0.0161. The number of nitrogens with one attached hydrogen (secondary N) is 1. The zero-order valence-electron chi connectivity index (χ0n) is 13.2. The number of aromatic nitrogens is 2. The first-order chi connectivity index (χ1) is 12.5. The predicted molar refractivity (Wildman–Crippen MR) is 102 cm³/mol. The van der Waals surface area contributed by atoms with Crippen LogP contribution < -0.4 is 9.46 Å². The Balaban J connectivity index is 1.54. The first-order valence-electron chi connectivity index (χ1n) is 7.41. The molecule has 0 saturated heterocycles. The van der Waals surface area contributed by atoms with Crippen LogP contribution >= 0.6 is 34.5 Å². The first kappa shape index (κ1) is 19.1. The molecule has 0 atom stereocenters. The standard InChI is InChI=1S/C16H13Cl2N3O3S2/c17-11-3-1-5-14(16(11)18)26(22,23)19-8-9-24-15-7-6-12(20-21-15)13-4-2-10-25-13/h1-7,10,19H,8-9H2. The van der Waals surface area contributed by atoms with Crippen molar-refractivity contribution in [3.63, 3.8) is 0 Å². The van der Waals surface area contributed by atoms with Crippen molar-refractivity contribution in [2.75, 3.05) is 13.2 Å². The Morgan fingerprint density at radius 2 is 1.92 bits per heavy atom. The molecule has 0 amide bonds. The van der Waals surface area contributed by atoms with Crippen LogP contribution in [-0.4, -0.2) is 31.8 Å². The number of nitrogens with zero attached hydrogens (tertiary/aromatic N) is 2. The molecule has 2 aromatic heterocycles. The number of hydrogen-bond donors (Lipinski definition) is 1. The van der Waals surface area contributed by atoms with Crippen LogP contribution in [0.25, 0.3) is 10.6 Å². The van der Waals surface area contributed by atoms with Crippen LogP contribution in [0.2, 0.25) is 10.0 Å². The summed E-state index contributed by atoms with van der Waals surface area (Å²) in [6.07, 6.45) is 0. The molecule has 6 nitrogen and oxygen atoms in total. The maximum Gasteiger partial charge on any atom is 0.242 e. The van der Waals surface area contributed by atoms with Gasteiger partial charge in [-0.1, -0.05) is 35.3 Å². The van der Waals surface area contributed by atoms with Crippen molar-refractivity contribution in [3.8, 4) is 16.5 Å². The van der Waals surface area contributed by atoms with Crippen molar-refractivity contribution in [1.29, 1.82) is 0 Å². The molecule has 10 heteroatoms. The maximum absolute atomic E-state index is 12.3. The minimum Gasteiger partial charge on any atom is -0.475 e. The number of benzene rings is 1. The molecule has 0 saturated carbocycles. The normalized spacial score (nSPS) is 11.5. The first-order valence-corrected chi connectivity index (χ1v) is 10.5. The predicted octanol–water partition coefficient (Wildman–Crippen LogP) is 3.87. The smallest absolute Gasteiger partial charge is 0.242 e. The lowest BCUT2D eigenvalue weighted by atomic mass is 10.3. The molecule has 1 N–H and O–H groups in total. The van der Waals surface area contributed by atoms with Gasteiger partial charge in [0.05, 0.1) is 14.9 Å². The third-order valence-corrected chi connectivity index (χ3v) is 6.59. The summed E-state index contributed by atoms with van der Waals surface area (Å²) in [6, 6.07) is 11.8. The lowest BCUT2D eigenvalue weighted by Crippen LogP contribution is -2.28. The van der Waals surface area contributed by atoms with Crippen LogP contribution in [0.1, 0.15) is 0 Å². The molecule has 0 spiro atoms. The maximum atomic E-state index is 12.3. The van der Waals surface area contributed by atoms with Gasteiger partial charge in [-0.15, -0.1) is 21.5 Å². The van der Waals surface area contributed by atoms with E-state index in [9.17, 15) is 8.42 Å². The third-order valence-electron chi connectivity index (χ3n) is 3.26. The van der Waals surface area contributed by atoms with E-state index < -0.39 is 10.0 Å². The molecule has 0 aliphatic carbocycles. The van der Waals surface area contributed by atoms with Crippen LogP contribution in [0, 0.1) is 0 Å². The van der Waals surface area contributed by atoms with E-state index in [2.05, 4.69) is 14.9 Å². The average molecular weight is 430 g/mol. The quantitative estimate of drug-likeness (QED) is 0.576. The summed E-state index contributed by atoms with van der Waals surface area (Å²) in [6.45, 7) is 0.129. The molecule has 3 rings (SSSR count). The Kier molecular flexibility index (Phi) is 6.10. The van der Waals surface area contributed by atoms with E-state index in [1.807, 2.05) is 17.5 Å². The van der Waals surface area contributed by atoms with Crippen molar-refractivity contribution in [1.82, 2.24) is 14.9 Å². The van der Waals surface area contributed by atoms with E-state index in [0.29, 0.717) is 5.88 Å². The summed E-state index contributed by atoms with van der Waals surface area (Å²) < 4.78 is 32.3. The van der Waals surface area contributed by atoms with Gasteiger partial charge in [0.15, 0.2) is 0 Å². The molecular formula is C16H13Cl2N3O3S2. The van der Waals surface area contributed by atoms with Crippen molar-refractivity contribution in [2.45, 2.75) is 4.90 Å². The second kappa shape index (κ2) is 8.32. The fraction of sp³-hybridized carbons (Fsp3) is 0.125. The molecule has 0 fully saturated rings. The number of rotatable bonds is 7. The van der Waals surface area contributed by atoms with Gasteiger partial charge in [-0.25, -0.2) is 13.1 Å². The van der Waals surface area contributed by atoms with E-state index >= 15 is 0 Å². The van der Waals surface area contributed by atoms with Crippen LogP contribution in [0.3, 0.4) is 0 Å². The van der Waals surface area contributed by atoms with E-state index in [0.717, 1.165) is 10.6 Å². The Morgan fingerprint density at radius 3 is 2.62 bits per heavy atom. The highest BCUT2D eigenvalue weighted by Gasteiger charge is 2.18. The van der Waals surface area contributed by atoms with E-state index in [4.69, 9.17) is 27.9 Å². The molecule has 0 unspecified atom stereocenters. The van der Waals surface area contributed by atoms with Crippen molar-refractivity contribution in [3.05, 3.63) is 57.9 Å². The summed E-state index contributed by atoms with van der Waals surface area (Å²) in [4.78, 5) is 0.932. The molecule has 2 heterocycles. The van der Waals surface area contributed by atoms with Crippen molar-refractivity contribution in [2.24, 2.45) is 0 Å². The van der Waals surface area contributed by atoms with Gasteiger partial charge in [0.2, 0.25) is 15.9 Å². The van der Waals surface area contributed by atoms with Gasteiger partial charge in [0.1, 0.15) is 17.2 Å². The van der Waals surface area contributed by atoms with Crippen molar-refractivity contribution < 1.29 is 13.2 Å². The molecular weight excluding hydrogens is 417 g/mol. The van der Waals surface area contributed by atoms with Gasteiger partial charge in [-0.3, -0.25) is 0 Å². The van der Waals surface area contributed by atoms with Gasteiger partial charge >= 0.3 is 0 Å². The highest BCUT2D eigenvalue weighted by Crippen LogP contribution is 2.28. The Hall–Kier alpha value is -1.71. The lowest BCUT2D eigenvalue weighted by molar-refractivity contribution is 0.307. The number of halogens is 2. The van der Waals surface area contributed by atoms with Gasteiger partial charge in [-0.2, -0.15) is 0 Å². The molecule has 0 radical (unpaired) electrons. The van der Waals surface area contributed by atoms with Crippen LogP contribution in [0.4, 0.5) is 0 Å². The number of hydrogen-bond acceptors (Lipinski definition) is 6. The Bertz CT molecular complexity index is 978. The zero-order chi connectivity index (χ0) is 18.6. The molecule has 0 aliphatic rings. The lowest BCUT2D eigenvalue weighted by Gasteiger charge is -2.09.